The van der Waals surface area contributed by atoms with Crippen LogP contribution < -0.4 is 0 Å². The second kappa shape index (κ2) is 6.05. The summed E-state index contributed by atoms with van der Waals surface area (Å²) in [5.41, 5.74) is -0.207. The molecule has 1 aliphatic rings. The van der Waals surface area contributed by atoms with Gasteiger partial charge in [-0.2, -0.15) is 13.2 Å². The Morgan fingerprint density at radius 1 is 1.48 bits per heavy atom. The van der Waals surface area contributed by atoms with Crippen molar-refractivity contribution in [2.24, 2.45) is 5.92 Å². The Bertz CT molecular complexity index is 516. The molecule has 0 spiro atoms. The molecule has 116 valence electrons. The van der Waals surface area contributed by atoms with Crippen molar-refractivity contribution in [2.45, 2.75) is 32.0 Å². The van der Waals surface area contributed by atoms with E-state index in [2.05, 4.69) is 0 Å². The highest BCUT2D eigenvalue weighted by Crippen LogP contribution is 2.30. The van der Waals surface area contributed by atoms with E-state index < -0.39 is 23.8 Å². The number of likely N-dealkylation sites (tertiary alicyclic amines) is 1. The van der Waals surface area contributed by atoms with Crippen LogP contribution in [0, 0.1) is 5.92 Å². The number of hydrogen-bond donors (Lipinski definition) is 1. The van der Waals surface area contributed by atoms with Crippen molar-refractivity contribution in [3.05, 3.63) is 35.4 Å². The van der Waals surface area contributed by atoms with Crippen LogP contribution in [0.15, 0.2) is 24.3 Å². The summed E-state index contributed by atoms with van der Waals surface area (Å²) in [4.78, 5) is 13.7. The number of halogens is 3. The van der Waals surface area contributed by atoms with Crippen LogP contribution in [0.2, 0.25) is 0 Å². The molecule has 0 aliphatic carbocycles. The van der Waals surface area contributed by atoms with Crippen LogP contribution in [0.25, 0.3) is 0 Å². The lowest BCUT2D eigenvalue weighted by Crippen LogP contribution is -2.34. The third kappa shape index (κ3) is 3.97. The molecule has 1 aromatic rings. The molecule has 1 saturated heterocycles. The zero-order valence-corrected chi connectivity index (χ0v) is 11.7. The molecule has 1 N–H and O–H groups in total. The molecule has 0 saturated carbocycles. The van der Waals surface area contributed by atoms with Crippen molar-refractivity contribution >= 4 is 5.91 Å². The number of aliphatic hydroxyl groups excluding tert-OH is 1. The SMILES string of the molecule is CC(Cc1cccc(C(F)(F)F)c1)C(=O)N1CC[C@@H](O)C1. The Hall–Kier alpha value is -1.56. The Morgan fingerprint density at radius 2 is 2.19 bits per heavy atom. The van der Waals surface area contributed by atoms with E-state index in [0.29, 0.717) is 25.1 Å². The molecule has 1 fully saturated rings. The lowest BCUT2D eigenvalue weighted by atomic mass is 9.98. The highest BCUT2D eigenvalue weighted by atomic mass is 19.4. The van der Waals surface area contributed by atoms with Crippen LogP contribution in [0.1, 0.15) is 24.5 Å². The summed E-state index contributed by atoms with van der Waals surface area (Å²) in [6, 6.07) is 5.06. The molecule has 1 heterocycles. The van der Waals surface area contributed by atoms with Gasteiger partial charge in [-0.25, -0.2) is 0 Å². The van der Waals surface area contributed by atoms with Gasteiger partial charge in [0.15, 0.2) is 0 Å². The number of carbonyl (C=O) groups is 1. The first-order valence-electron chi connectivity index (χ1n) is 6.90. The first-order valence-corrected chi connectivity index (χ1v) is 6.90. The van der Waals surface area contributed by atoms with Gasteiger partial charge in [-0.15, -0.1) is 0 Å². The van der Waals surface area contributed by atoms with E-state index in [1.165, 1.54) is 6.07 Å². The number of rotatable bonds is 3. The van der Waals surface area contributed by atoms with E-state index in [-0.39, 0.29) is 12.3 Å². The van der Waals surface area contributed by atoms with Crippen molar-refractivity contribution in [1.29, 1.82) is 0 Å². The number of carbonyl (C=O) groups excluding carboxylic acids is 1. The van der Waals surface area contributed by atoms with E-state index in [9.17, 15) is 23.1 Å². The van der Waals surface area contributed by atoms with E-state index in [0.717, 1.165) is 12.1 Å². The minimum atomic E-state index is -4.37. The van der Waals surface area contributed by atoms with Crippen molar-refractivity contribution in [3.63, 3.8) is 0 Å². The van der Waals surface area contributed by atoms with Crippen LogP contribution in [-0.2, 0) is 17.4 Å². The molecular weight excluding hydrogens is 283 g/mol. The van der Waals surface area contributed by atoms with Gasteiger partial charge in [0.25, 0.3) is 0 Å². The summed E-state index contributed by atoms with van der Waals surface area (Å²) in [6.45, 7) is 2.52. The summed E-state index contributed by atoms with van der Waals surface area (Å²) < 4.78 is 37.9. The molecule has 0 aromatic heterocycles. The van der Waals surface area contributed by atoms with Crippen LogP contribution in [0.5, 0.6) is 0 Å². The molecule has 2 atom stereocenters. The van der Waals surface area contributed by atoms with Gasteiger partial charge in [0, 0.05) is 19.0 Å². The zero-order valence-electron chi connectivity index (χ0n) is 11.7. The molecule has 6 heteroatoms. The summed E-state index contributed by atoms with van der Waals surface area (Å²) in [6.07, 6.45) is -4.05. The monoisotopic (exact) mass is 301 g/mol. The number of β-amino-alcohol motifs (C(OH)–C–C–N with tert-alkyl or cyclic N) is 1. The van der Waals surface area contributed by atoms with Crippen LogP contribution >= 0.6 is 0 Å². The highest BCUT2D eigenvalue weighted by molar-refractivity contribution is 5.79. The standard InChI is InChI=1S/C15H18F3NO2/c1-10(14(21)19-6-5-13(20)9-19)7-11-3-2-4-12(8-11)15(16,17)18/h2-4,8,10,13,20H,5-7,9H2,1H3/t10?,13-/m1/s1. The minimum Gasteiger partial charge on any atom is -0.391 e. The van der Waals surface area contributed by atoms with Gasteiger partial charge in [-0.1, -0.05) is 25.1 Å². The van der Waals surface area contributed by atoms with Crippen molar-refractivity contribution < 1.29 is 23.1 Å². The van der Waals surface area contributed by atoms with E-state index in [4.69, 9.17) is 0 Å². The van der Waals surface area contributed by atoms with Gasteiger partial charge in [-0.05, 0) is 24.5 Å². The lowest BCUT2D eigenvalue weighted by Gasteiger charge is -2.20. The van der Waals surface area contributed by atoms with Gasteiger partial charge in [0.2, 0.25) is 5.91 Å². The Balaban J connectivity index is 2.02. The van der Waals surface area contributed by atoms with Crippen molar-refractivity contribution in [3.8, 4) is 0 Å². The fraction of sp³-hybridized carbons (Fsp3) is 0.533. The normalized spacial score (nSPS) is 20.6. The average molecular weight is 301 g/mol. The summed E-state index contributed by atoms with van der Waals surface area (Å²) in [7, 11) is 0. The molecule has 3 nitrogen and oxygen atoms in total. The number of alkyl halides is 3. The van der Waals surface area contributed by atoms with Gasteiger partial charge in [0.1, 0.15) is 0 Å². The summed E-state index contributed by atoms with van der Waals surface area (Å²) >= 11 is 0. The van der Waals surface area contributed by atoms with Crippen molar-refractivity contribution in [1.82, 2.24) is 4.90 Å². The smallest absolute Gasteiger partial charge is 0.391 e. The molecule has 1 aromatic carbocycles. The third-order valence-corrected chi connectivity index (χ3v) is 3.69. The molecule has 0 radical (unpaired) electrons. The predicted octanol–water partition coefficient (Wildman–Crippen LogP) is 2.48. The fourth-order valence-corrected chi connectivity index (χ4v) is 2.57. The van der Waals surface area contributed by atoms with Crippen LogP contribution in [0.3, 0.4) is 0 Å². The maximum atomic E-state index is 12.6. The fourth-order valence-electron chi connectivity index (χ4n) is 2.57. The van der Waals surface area contributed by atoms with E-state index >= 15 is 0 Å². The third-order valence-electron chi connectivity index (χ3n) is 3.69. The molecule has 1 aliphatic heterocycles. The lowest BCUT2D eigenvalue weighted by molar-refractivity contribution is -0.137. The Labute approximate surface area is 121 Å². The topological polar surface area (TPSA) is 40.5 Å². The number of nitrogens with zero attached hydrogens (tertiary/aromatic N) is 1. The number of aliphatic hydroxyl groups is 1. The maximum absolute atomic E-state index is 12.6. The number of amides is 1. The van der Waals surface area contributed by atoms with Crippen LogP contribution in [-0.4, -0.2) is 35.1 Å². The second-order valence-electron chi connectivity index (χ2n) is 5.53. The number of hydrogen-bond acceptors (Lipinski definition) is 2. The van der Waals surface area contributed by atoms with Gasteiger partial charge < -0.3 is 10.0 Å². The zero-order chi connectivity index (χ0) is 15.6. The first-order chi connectivity index (χ1) is 9.77. The minimum absolute atomic E-state index is 0.121. The van der Waals surface area contributed by atoms with Gasteiger partial charge in [0.05, 0.1) is 11.7 Å². The molecule has 21 heavy (non-hydrogen) atoms. The predicted molar refractivity (Wildman–Crippen MR) is 71.5 cm³/mol. The second-order valence-corrected chi connectivity index (χ2v) is 5.53. The Kier molecular flexibility index (Phi) is 4.56. The summed E-state index contributed by atoms with van der Waals surface area (Å²) in [5, 5.41) is 9.43. The summed E-state index contributed by atoms with van der Waals surface area (Å²) in [5.74, 6) is -0.525. The average Bonchev–Trinajstić information content (AvgIpc) is 2.84. The quantitative estimate of drug-likeness (QED) is 0.932. The largest absolute Gasteiger partial charge is 0.416 e. The molecule has 0 bridgehead atoms. The maximum Gasteiger partial charge on any atom is 0.416 e. The first kappa shape index (κ1) is 15.8. The van der Waals surface area contributed by atoms with Crippen LogP contribution in [0.4, 0.5) is 13.2 Å². The van der Waals surface area contributed by atoms with E-state index in [1.54, 1.807) is 17.9 Å². The molecule has 2 rings (SSSR count). The number of benzene rings is 1. The molecule has 1 unspecified atom stereocenters. The Morgan fingerprint density at radius 3 is 2.76 bits per heavy atom. The molecular formula is C15H18F3NO2. The van der Waals surface area contributed by atoms with Gasteiger partial charge in [-0.3, -0.25) is 4.79 Å². The highest BCUT2D eigenvalue weighted by Gasteiger charge is 2.31. The van der Waals surface area contributed by atoms with Crippen molar-refractivity contribution in [2.75, 3.05) is 13.1 Å². The van der Waals surface area contributed by atoms with E-state index in [1.807, 2.05) is 0 Å². The van der Waals surface area contributed by atoms with Gasteiger partial charge >= 0.3 is 6.18 Å². The molecule has 1 amide bonds.